The minimum atomic E-state index is -0.466. The largest absolute Gasteiger partial charge is 0.383 e. The summed E-state index contributed by atoms with van der Waals surface area (Å²) in [4.78, 5) is 22.7. The molecule has 142 valence electrons. The van der Waals surface area contributed by atoms with Gasteiger partial charge in [0.25, 0.3) is 11.6 Å². The highest BCUT2D eigenvalue weighted by Gasteiger charge is 2.17. The quantitative estimate of drug-likeness (QED) is 0.384. The molecule has 2 rings (SSSR count). The number of aryl methyl sites for hydroxylation is 1. The zero-order valence-electron chi connectivity index (χ0n) is 14.6. The summed E-state index contributed by atoms with van der Waals surface area (Å²) < 4.78 is 6.47. The van der Waals surface area contributed by atoms with Crippen molar-refractivity contribution >= 4 is 24.0 Å². The predicted octanol–water partition coefficient (Wildman–Crippen LogP) is 1.38. The van der Waals surface area contributed by atoms with Crippen LogP contribution in [0.1, 0.15) is 10.4 Å². The van der Waals surface area contributed by atoms with Crippen molar-refractivity contribution in [1.29, 1.82) is 0 Å². The van der Waals surface area contributed by atoms with Crippen molar-refractivity contribution in [1.82, 2.24) is 20.4 Å². The fourth-order valence-corrected chi connectivity index (χ4v) is 2.27. The first-order valence-electron chi connectivity index (χ1n) is 7.79. The Balaban J connectivity index is 0.00000338. The summed E-state index contributed by atoms with van der Waals surface area (Å²) >= 11 is 0. The average molecular weight is 384 g/mol. The standard InChI is InChI=1S/C16H21N5O4.ClH/c1-20-11-14(16(22)18-8-7-17-9-10-25-2)15(19-20)12-3-5-13(6-4-12)21(23)24;/h3-6,11,17H,7-10H2,1-2H3,(H,18,22);1H. The number of hydrogen-bond donors (Lipinski definition) is 2. The predicted molar refractivity (Wildman–Crippen MR) is 99.6 cm³/mol. The molecule has 9 nitrogen and oxygen atoms in total. The SMILES string of the molecule is COCCNCCNC(=O)c1cn(C)nc1-c1ccc([N+](=O)[O-])cc1.Cl. The number of hydrogen-bond acceptors (Lipinski definition) is 6. The Morgan fingerprint density at radius 1 is 1.27 bits per heavy atom. The molecule has 1 aromatic carbocycles. The van der Waals surface area contributed by atoms with E-state index in [0.29, 0.717) is 43.1 Å². The Hall–Kier alpha value is -2.49. The van der Waals surface area contributed by atoms with Gasteiger partial charge in [0.15, 0.2) is 0 Å². The summed E-state index contributed by atoms with van der Waals surface area (Å²) in [5, 5.41) is 21.0. The molecular weight excluding hydrogens is 362 g/mol. The van der Waals surface area contributed by atoms with E-state index in [-0.39, 0.29) is 24.0 Å². The lowest BCUT2D eigenvalue weighted by Crippen LogP contribution is -2.33. The maximum Gasteiger partial charge on any atom is 0.269 e. The maximum atomic E-state index is 12.4. The Kier molecular flexibility index (Phi) is 8.70. The van der Waals surface area contributed by atoms with Gasteiger partial charge in [0.1, 0.15) is 5.69 Å². The lowest BCUT2D eigenvalue weighted by molar-refractivity contribution is -0.384. The van der Waals surface area contributed by atoms with Crippen LogP contribution < -0.4 is 10.6 Å². The molecule has 0 spiro atoms. The lowest BCUT2D eigenvalue weighted by atomic mass is 10.1. The third-order valence-corrected chi connectivity index (χ3v) is 3.50. The van der Waals surface area contributed by atoms with Crippen LogP contribution in [0.25, 0.3) is 11.3 Å². The number of ether oxygens (including phenoxy) is 1. The fraction of sp³-hybridized carbons (Fsp3) is 0.375. The summed E-state index contributed by atoms with van der Waals surface area (Å²) in [6, 6.07) is 5.96. The molecular formula is C16H22ClN5O4. The number of amides is 1. The number of nitro groups is 1. The van der Waals surface area contributed by atoms with Crippen molar-refractivity contribution in [2.24, 2.45) is 7.05 Å². The van der Waals surface area contributed by atoms with Crippen LogP contribution >= 0.6 is 12.4 Å². The van der Waals surface area contributed by atoms with E-state index in [1.807, 2.05) is 0 Å². The Bertz CT molecular complexity index is 733. The van der Waals surface area contributed by atoms with E-state index in [4.69, 9.17) is 4.74 Å². The summed E-state index contributed by atoms with van der Waals surface area (Å²) in [7, 11) is 3.35. The van der Waals surface area contributed by atoms with Gasteiger partial charge in [0.2, 0.25) is 0 Å². The van der Waals surface area contributed by atoms with Gasteiger partial charge < -0.3 is 15.4 Å². The van der Waals surface area contributed by atoms with Crippen LogP contribution in [-0.4, -0.2) is 54.0 Å². The number of methoxy groups -OCH3 is 1. The van der Waals surface area contributed by atoms with Gasteiger partial charge in [-0.1, -0.05) is 0 Å². The molecule has 0 atom stereocenters. The van der Waals surface area contributed by atoms with Crippen LogP contribution in [0.5, 0.6) is 0 Å². The number of nitro benzene ring substituents is 1. The summed E-state index contributed by atoms with van der Waals surface area (Å²) in [5.74, 6) is -0.241. The molecule has 2 N–H and O–H groups in total. The second kappa shape index (κ2) is 10.5. The number of nitrogens with one attached hydrogen (secondary N) is 2. The minimum absolute atomic E-state index is 0. The maximum absolute atomic E-state index is 12.4. The Morgan fingerprint density at radius 3 is 2.58 bits per heavy atom. The fourth-order valence-electron chi connectivity index (χ4n) is 2.27. The highest BCUT2D eigenvalue weighted by Crippen LogP contribution is 2.24. The number of halogens is 1. The first-order valence-corrected chi connectivity index (χ1v) is 7.79. The highest BCUT2D eigenvalue weighted by molar-refractivity contribution is 5.99. The number of carbonyl (C=O) groups excluding carboxylic acids is 1. The van der Waals surface area contributed by atoms with Crippen molar-refractivity contribution < 1.29 is 14.5 Å². The molecule has 1 amide bonds. The van der Waals surface area contributed by atoms with E-state index in [9.17, 15) is 14.9 Å². The molecule has 0 unspecified atom stereocenters. The molecule has 1 heterocycles. The van der Waals surface area contributed by atoms with E-state index in [0.717, 1.165) is 0 Å². The zero-order valence-corrected chi connectivity index (χ0v) is 15.4. The summed E-state index contributed by atoms with van der Waals surface area (Å²) in [6.07, 6.45) is 1.63. The van der Waals surface area contributed by atoms with Gasteiger partial charge in [-0.15, -0.1) is 12.4 Å². The third kappa shape index (κ3) is 5.80. The molecule has 0 saturated carbocycles. The molecule has 0 bridgehead atoms. The monoisotopic (exact) mass is 383 g/mol. The van der Waals surface area contributed by atoms with Crippen molar-refractivity contribution in [3.8, 4) is 11.3 Å². The second-order valence-electron chi connectivity index (χ2n) is 5.37. The van der Waals surface area contributed by atoms with Crippen LogP contribution in [0.15, 0.2) is 30.5 Å². The van der Waals surface area contributed by atoms with E-state index < -0.39 is 4.92 Å². The van der Waals surface area contributed by atoms with Gasteiger partial charge in [-0.05, 0) is 12.1 Å². The van der Waals surface area contributed by atoms with Gasteiger partial charge in [0.05, 0.1) is 17.1 Å². The van der Waals surface area contributed by atoms with Crippen LogP contribution in [0.3, 0.4) is 0 Å². The van der Waals surface area contributed by atoms with Gasteiger partial charge in [-0.25, -0.2) is 0 Å². The van der Waals surface area contributed by atoms with Crippen LogP contribution in [0.2, 0.25) is 0 Å². The van der Waals surface area contributed by atoms with Crippen molar-refractivity contribution in [2.75, 3.05) is 33.4 Å². The zero-order chi connectivity index (χ0) is 18.2. The Labute approximate surface area is 157 Å². The smallest absolute Gasteiger partial charge is 0.269 e. The number of benzene rings is 1. The van der Waals surface area contributed by atoms with Crippen molar-refractivity contribution in [3.05, 3.63) is 46.1 Å². The van der Waals surface area contributed by atoms with Gasteiger partial charge >= 0.3 is 0 Å². The number of nitrogens with zero attached hydrogens (tertiary/aromatic N) is 3. The van der Waals surface area contributed by atoms with Gasteiger partial charge in [0, 0.05) is 57.7 Å². The van der Waals surface area contributed by atoms with Gasteiger partial charge in [-0.3, -0.25) is 19.6 Å². The minimum Gasteiger partial charge on any atom is -0.383 e. The molecule has 0 radical (unpaired) electrons. The van der Waals surface area contributed by atoms with E-state index >= 15 is 0 Å². The number of carbonyl (C=O) groups is 1. The molecule has 10 heteroatoms. The van der Waals surface area contributed by atoms with Crippen molar-refractivity contribution in [2.45, 2.75) is 0 Å². The molecule has 26 heavy (non-hydrogen) atoms. The van der Waals surface area contributed by atoms with E-state index in [1.165, 1.54) is 12.1 Å². The summed E-state index contributed by atoms with van der Waals surface area (Å²) in [6.45, 7) is 2.42. The first kappa shape index (κ1) is 21.6. The van der Waals surface area contributed by atoms with E-state index in [2.05, 4.69) is 15.7 Å². The van der Waals surface area contributed by atoms with Crippen LogP contribution in [0.4, 0.5) is 5.69 Å². The molecule has 0 aliphatic heterocycles. The van der Waals surface area contributed by atoms with Crippen LogP contribution in [-0.2, 0) is 11.8 Å². The number of rotatable bonds is 9. The first-order chi connectivity index (χ1) is 12.0. The molecule has 0 aliphatic carbocycles. The topological polar surface area (TPSA) is 111 Å². The number of non-ortho nitro benzene ring substituents is 1. The molecule has 0 aliphatic rings. The third-order valence-electron chi connectivity index (χ3n) is 3.50. The Morgan fingerprint density at radius 2 is 1.96 bits per heavy atom. The lowest BCUT2D eigenvalue weighted by Gasteiger charge is -2.07. The average Bonchev–Trinajstić information content (AvgIpc) is 3.00. The molecule has 1 aromatic heterocycles. The van der Waals surface area contributed by atoms with Gasteiger partial charge in [-0.2, -0.15) is 5.10 Å². The molecule has 2 aromatic rings. The highest BCUT2D eigenvalue weighted by atomic mass is 35.5. The molecule has 0 fully saturated rings. The van der Waals surface area contributed by atoms with Crippen molar-refractivity contribution in [3.63, 3.8) is 0 Å². The normalized spacial score (nSPS) is 10.2. The number of aromatic nitrogens is 2. The van der Waals surface area contributed by atoms with Crippen LogP contribution in [0, 0.1) is 10.1 Å². The van der Waals surface area contributed by atoms with E-state index in [1.54, 1.807) is 37.2 Å². The molecule has 0 saturated heterocycles. The second-order valence-corrected chi connectivity index (χ2v) is 5.37. The summed E-state index contributed by atoms with van der Waals surface area (Å²) in [5.41, 5.74) is 1.55.